The molecule has 1 rings (SSSR count). The highest BCUT2D eigenvalue weighted by Gasteiger charge is 2.14. The molecule has 0 bridgehead atoms. The van der Waals surface area contributed by atoms with Gasteiger partial charge in [-0.15, -0.1) is 0 Å². The zero-order chi connectivity index (χ0) is 13.1. The SMILES string of the molecule is CCS(=O)(=O)CC(C)Nc1cc(C)ccc1Cl. The normalized spacial score (nSPS) is 13.4. The van der Waals surface area contributed by atoms with Crippen LogP contribution < -0.4 is 5.32 Å². The zero-order valence-electron chi connectivity index (χ0n) is 10.3. The van der Waals surface area contributed by atoms with E-state index in [0.29, 0.717) is 5.02 Å². The van der Waals surface area contributed by atoms with Gasteiger partial charge < -0.3 is 5.32 Å². The van der Waals surface area contributed by atoms with Crippen LogP contribution in [-0.4, -0.2) is 26.0 Å². The minimum atomic E-state index is -2.97. The van der Waals surface area contributed by atoms with Crippen LogP contribution in [0.15, 0.2) is 18.2 Å². The van der Waals surface area contributed by atoms with Crippen molar-refractivity contribution in [3.63, 3.8) is 0 Å². The fourth-order valence-corrected chi connectivity index (χ4v) is 2.81. The van der Waals surface area contributed by atoms with E-state index in [9.17, 15) is 8.42 Å². The molecule has 1 aromatic carbocycles. The van der Waals surface area contributed by atoms with E-state index in [1.807, 2.05) is 26.0 Å². The molecule has 5 heteroatoms. The zero-order valence-corrected chi connectivity index (χ0v) is 11.9. The number of anilines is 1. The van der Waals surface area contributed by atoms with Crippen molar-refractivity contribution in [1.82, 2.24) is 0 Å². The van der Waals surface area contributed by atoms with Gasteiger partial charge in [0.25, 0.3) is 0 Å². The Balaban J connectivity index is 2.74. The smallest absolute Gasteiger partial charge is 0.152 e. The summed E-state index contributed by atoms with van der Waals surface area (Å²) in [6, 6.07) is 5.48. The van der Waals surface area contributed by atoms with Crippen LogP contribution in [0, 0.1) is 6.92 Å². The predicted molar refractivity (Wildman–Crippen MR) is 73.6 cm³/mol. The van der Waals surface area contributed by atoms with Crippen molar-refractivity contribution in [3.8, 4) is 0 Å². The van der Waals surface area contributed by atoms with Crippen LogP contribution in [0.5, 0.6) is 0 Å². The van der Waals surface area contributed by atoms with E-state index in [4.69, 9.17) is 11.6 Å². The Hall–Kier alpha value is -0.740. The van der Waals surface area contributed by atoms with Crippen LogP contribution in [0.25, 0.3) is 0 Å². The van der Waals surface area contributed by atoms with Gasteiger partial charge >= 0.3 is 0 Å². The van der Waals surface area contributed by atoms with Gasteiger partial charge in [0.2, 0.25) is 0 Å². The van der Waals surface area contributed by atoms with Crippen molar-refractivity contribution < 1.29 is 8.42 Å². The highest BCUT2D eigenvalue weighted by atomic mass is 35.5. The average Bonchev–Trinajstić information content (AvgIpc) is 2.23. The Kier molecular flexibility index (Phi) is 4.83. The summed E-state index contributed by atoms with van der Waals surface area (Å²) in [7, 11) is -2.97. The first-order chi connectivity index (χ1) is 7.84. The first-order valence-corrected chi connectivity index (χ1v) is 7.77. The van der Waals surface area contributed by atoms with E-state index in [0.717, 1.165) is 11.3 Å². The van der Waals surface area contributed by atoms with E-state index in [1.54, 1.807) is 13.0 Å². The Labute approximate surface area is 108 Å². The van der Waals surface area contributed by atoms with Crippen LogP contribution in [0.2, 0.25) is 5.02 Å². The lowest BCUT2D eigenvalue weighted by Crippen LogP contribution is -2.26. The summed E-state index contributed by atoms with van der Waals surface area (Å²) in [4.78, 5) is 0. The molecule has 0 aliphatic rings. The average molecular weight is 276 g/mol. The Morgan fingerprint density at radius 2 is 2.06 bits per heavy atom. The van der Waals surface area contributed by atoms with Crippen molar-refractivity contribution in [1.29, 1.82) is 0 Å². The monoisotopic (exact) mass is 275 g/mol. The number of aryl methyl sites for hydroxylation is 1. The standard InChI is InChI=1S/C12H18ClNO2S/c1-4-17(15,16)8-10(3)14-12-7-9(2)5-6-11(12)13/h5-7,10,14H,4,8H2,1-3H3. The largest absolute Gasteiger partial charge is 0.380 e. The summed E-state index contributed by atoms with van der Waals surface area (Å²) in [6.07, 6.45) is 0. The second-order valence-corrected chi connectivity index (χ2v) is 7.03. The van der Waals surface area contributed by atoms with Gasteiger partial charge in [0.05, 0.1) is 16.5 Å². The van der Waals surface area contributed by atoms with E-state index in [-0.39, 0.29) is 17.5 Å². The van der Waals surface area contributed by atoms with E-state index >= 15 is 0 Å². The molecule has 17 heavy (non-hydrogen) atoms. The highest BCUT2D eigenvalue weighted by molar-refractivity contribution is 7.91. The summed E-state index contributed by atoms with van der Waals surface area (Å²) < 4.78 is 23.0. The highest BCUT2D eigenvalue weighted by Crippen LogP contribution is 2.23. The third-order valence-corrected chi connectivity index (χ3v) is 4.68. The molecular formula is C12H18ClNO2S. The summed E-state index contributed by atoms with van der Waals surface area (Å²) in [5.74, 6) is 0.286. The van der Waals surface area contributed by atoms with Gasteiger partial charge in [-0.25, -0.2) is 8.42 Å². The molecule has 1 N–H and O–H groups in total. The number of hydrogen-bond acceptors (Lipinski definition) is 3. The second kappa shape index (κ2) is 5.74. The van der Waals surface area contributed by atoms with Crippen molar-refractivity contribution in [2.75, 3.05) is 16.8 Å². The number of benzene rings is 1. The third kappa shape index (κ3) is 4.56. The van der Waals surface area contributed by atoms with E-state index in [1.165, 1.54) is 0 Å². The summed E-state index contributed by atoms with van der Waals surface area (Å²) >= 11 is 6.03. The van der Waals surface area contributed by atoms with Crippen molar-refractivity contribution in [3.05, 3.63) is 28.8 Å². The van der Waals surface area contributed by atoms with Crippen LogP contribution in [0.1, 0.15) is 19.4 Å². The summed E-state index contributed by atoms with van der Waals surface area (Å²) in [5, 5.41) is 3.74. The molecule has 1 atom stereocenters. The molecular weight excluding hydrogens is 258 g/mol. The van der Waals surface area contributed by atoms with Gasteiger partial charge in [0, 0.05) is 11.8 Å². The number of sulfone groups is 1. The Bertz CT molecular complexity index is 485. The molecule has 0 amide bonds. The quantitative estimate of drug-likeness (QED) is 0.899. The lowest BCUT2D eigenvalue weighted by atomic mass is 10.2. The molecule has 1 aromatic rings. The van der Waals surface area contributed by atoms with Gasteiger partial charge in [-0.3, -0.25) is 0 Å². The minimum absolute atomic E-state index is 0.119. The lowest BCUT2D eigenvalue weighted by molar-refractivity contribution is 0.593. The minimum Gasteiger partial charge on any atom is -0.380 e. The van der Waals surface area contributed by atoms with Crippen LogP contribution >= 0.6 is 11.6 Å². The number of hydrogen-bond donors (Lipinski definition) is 1. The van der Waals surface area contributed by atoms with E-state index in [2.05, 4.69) is 5.32 Å². The second-order valence-electron chi connectivity index (χ2n) is 4.23. The molecule has 0 aliphatic heterocycles. The molecule has 0 aliphatic carbocycles. The van der Waals surface area contributed by atoms with Crippen molar-refractivity contribution >= 4 is 27.1 Å². The molecule has 3 nitrogen and oxygen atoms in total. The first-order valence-electron chi connectivity index (χ1n) is 5.57. The van der Waals surface area contributed by atoms with Crippen molar-refractivity contribution in [2.45, 2.75) is 26.8 Å². The molecule has 0 aromatic heterocycles. The maximum atomic E-state index is 11.5. The molecule has 0 fully saturated rings. The molecule has 0 radical (unpaired) electrons. The number of rotatable bonds is 5. The van der Waals surface area contributed by atoms with Crippen LogP contribution in [-0.2, 0) is 9.84 Å². The van der Waals surface area contributed by atoms with Gasteiger partial charge in [0.1, 0.15) is 0 Å². The molecule has 1 unspecified atom stereocenters. The molecule has 0 spiro atoms. The number of nitrogens with one attached hydrogen (secondary N) is 1. The van der Waals surface area contributed by atoms with Gasteiger partial charge in [0.15, 0.2) is 9.84 Å². The van der Waals surface area contributed by atoms with Gasteiger partial charge in [-0.1, -0.05) is 24.6 Å². The van der Waals surface area contributed by atoms with Crippen molar-refractivity contribution in [2.24, 2.45) is 0 Å². The van der Waals surface area contributed by atoms with Crippen LogP contribution in [0.4, 0.5) is 5.69 Å². The molecule has 0 saturated carbocycles. The van der Waals surface area contributed by atoms with Gasteiger partial charge in [-0.2, -0.15) is 0 Å². The number of halogens is 1. The molecule has 96 valence electrons. The van der Waals surface area contributed by atoms with Gasteiger partial charge in [-0.05, 0) is 31.5 Å². The first kappa shape index (κ1) is 14.3. The fraction of sp³-hybridized carbons (Fsp3) is 0.500. The predicted octanol–water partition coefficient (Wildman–Crippen LogP) is 2.88. The third-order valence-electron chi connectivity index (χ3n) is 2.47. The molecule has 0 heterocycles. The van der Waals surface area contributed by atoms with E-state index < -0.39 is 9.84 Å². The lowest BCUT2D eigenvalue weighted by Gasteiger charge is -2.16. The fourth-order valence-electron chi connectivity index (χ4n) is 1.56. The Morgan fingerprint density at radius 1 is 1.41 bits per heavy atom. The topological polar surface area (TPSA) is 46.2 Å². The molecule has 0 saturated heterocycles. The van der Waals surface area contributed by atoms with Crippen LogP contribution in [0.3, 0.4) is 0 Å². The Morgan fingerprint density at radius 3 is 2.65 bits per heavy atom. The maximum absolute atomic E-state index is 11.5. The maximum Gasteiger partial charge on any atom is 0.152 e. The summed E-state index contributed by atoms with van der Waals surface area (Å²) in [6.45, 7) is 5.46. The summed E-state index contributed by atoms with van der Waals surface area (Å²) in [5.41, 5.74) is 1.87.